The summed E-state index contributed by atoms with van der Waals surface area (Å²) in [4.78, 5) is 36.5. The van der Waals surface area contributed by atoms with E-state index in [-0.39, 0.29) is 40.7 Å². The summed E-state index contributed by atoms with van der Waals surface area (Å²) in [5, 5.41) is 9.36. The number of halogens is 1. The number of rotatable bonds is 3. The van der Waals surface area contributed by atoms with Crippen LogP contribution in [0.15, 0.2) is 65.8 Å². The van der Waals surface area contributed by atoms with Crippen molar-refractivity contribution in [1.82, 2.24) is 19.4 Å². The van der Waals surface area contributed by atoms with Crippen LogP contribution in [0.4, 0.5) is 10.1 Å². The zero-order chi connectivity index (χ0) is 26.8. The van der Waals surface area contributed by atoms with Gasteiger partial charge in [-0.15, -0.1) is 0 Å². The summed E-state index contributed by atoms with van der Waals surface area (Å²) in [6, 6.07) is 12.6. The maximum atomic E-state index is 15.0. The number of carboxylic acid groups (broad SMARTS) is 1. The Labute approximate surface area is 235 Å². The van der Waals surface area contributed by atoms with Crippen LogP contribution in [0.3, 0.4) is 0 Å². The fraction of sp³-hybridized carbons (Fsp3) is 0.286. The Morgan fingerprint density at radius 2 is 1.67 bits per heavy atom. The second-order valence-electron chi connectivity index (χ2n) is 9.40. The molecule has 0 amide bonds. The number of piperazine rings is 1. The molecule has 0 saturated carbocycles. The van der Waals surface area contributed by atoms with Gasteiger partial charge in [0.2, 0.25) is 5.43 Å². The molecule has 39 heavy (non-hydrogen) atoms. The molecule has 0 bridgehead atoms. The third kappa shape index (κ3) is 5.66. The Morgan fingerprint density at radius 3 is 2.21 bits per heavy atom. The number of pyridine rings is 3. The summed E-state index contributed by atoms with van der Waals surface area (Å²) in [5.41, 5.74) is 1.61. The van der Waals surface area contributed by atoms with Gasteiger partial charge in [0.15, 0.2) is 11.6 Å². The zero-order valence-corrected chi connectivity index (χ0v) is 22.6. The molecule has 1 saturated heterocycles. The van der Waals surface area contributed by atoms with Crippen LogP contribution in [0.25, 0.3) is 22.3 Å². The van der Waals surface area contributed by atoms with Gasteiger partial charge >= 0.3 is 23.0 Å². The fourth-order valence-corrected chi connectivity index (χ4v) is 4.72. The molecule has 0 aliphatic carbocycles. The van der Waals surface area contributed by atoms with E-state index < -0.39 is 17.2 Å². The fourth-order valence-electron chi connectivity index (χ4n) is 4.72. The molecule has 4 aromatic rings. The molecule has 0 spiro atoms. The van der Waals surface area contributed by atoms with Gasteiger partial charge in [0.25, 0.3) is 0 Å². The van der Waals surface area contributed by atoms with E-state index in [1.54, 1.807) is 17.0 Å². The molecule has 1 aromatic carbocycles. The van der Waals surface area contributed by atoms with Crippen molar-refractivity contribution in [2.24, 2.45) is 0 Å². The average Bonchev–Trinajstić information content (AvgIpc) is 2.93. The largest absolute Gasteiger partial charge is 3.00 e. The molecule has 3 aromatic heterocycles. The Balaban J connectivity index is 0.000000228. The number of carbonyl (C=O) groups is 1. The van der Waals surface area contributed by atoms with Crippen LogP contribution in [0, 0.1) is 5.82 Å². The van der Waals surface area contributed by atoms with Gasteiger partial charge in [0.1, 0.15) is 17.9 Å². The normalized spacial score (nSPS) is 16.5. The number of benzene rings is 1. The second-order valence-corrected chi connectivity index (χ2v) is 9.40. The smallest absolute Gasteiger partial charge is 0.487 e. The number of nitrogens with zero attached hydrogens (tertiary/aromatic N) is 5. The molecule has 2 aliphatic heterocycles. The molecule has 9 nitrogen and oxygen atoms in total. The van der Waals surface area contributed by atoms with Crippen molar-refractivity contribution in [3.05, 3.63) is 82.7 Å². The first-order valence-electron chi connectivity index (χ1n) is 12.4. The molecular formula is C28H28FFeN5O4+3. The summed E-state index contributed by atoms with van der Waals surface area (Å²) >= 11 is 0. The third-order valence-electron chi connectivity index (χ3n) is 6.78. The van der Waals surface area contributed by atoms with Crippen LogP contribution >= 0.6 is 0 Å². The van der Waals surface area contributed by atoms with E-state index in [0.717, 1.165) is 30.5 Å². The molecule has 11 heteroatoms. The molecule has 5 heterocycles. The molecule has 0 unspecified atom stereocenters. The topological polar surface area (TPSA) is 101 Å². The number of ether oxygens (including phenoxy) is 1. The van der Waals surface area contributed by atoms with Crippen LogP contribution < -0.4 is 15.1 Å². The molecule has 2 aliphatic rings. The SMILES string of the molecule is C[C@H]1COc2c(N3CCN(C)CC3)c(F)cc3c(=O)c(C(=O)O)cn1c23.[Fe+3].c1ccc(-c2ccccn2)nc1. The first kappa shape index (κ1) is 28.2. The summed E-state index contributed by atoms with van der Waals surface area (Å²) in [6.45, 7) is 5.08. The predicted octanol–water partition coefficient (Wildman–Crippen LogP) is 3.69. The second kappa shape index (κ2) is 11.9. The number of anilines is 1. The van der Waals surface area contributed by atoms with Crippen LogP contribution in [0.1, 0.15) is 23.3 Å². The van der Waals surface area contributed by atoms with Gasteiger partial charge in [0.05, 0.1) is 28.3 Å². The van der Waals surface area contributed by atoms with Gasteiger partial charge in [0, 0.05) is 44.8 Å². The molecule has 1 atom stereocenters. The molecule has 6 rings (SSSR count). The van der Waals surface area contributed by atoms with Crippen LogP contribution in [0.5, 0.6) is 5.75 Å². The van der Waals surface area contributed by atoms with Gasteiger partial charge in [-0.05, 0) is 44.3 Å². The summed E-state index contributed by atoms with van der Waals surface area (Å²) < 4.78 is 22.6. The van der Waals surface area contributed by atoms with Crippen molar-refractivity contribution in [3.8, 4) is 17.1 Å². The number of carboxylic acids is 1. The summed E-state index contributed by atoms with van der Waals surface area (Å²) in [5.74, 6) is -1.54. The summed E-state index contributed by atoms with van der Waals surface area (Å²) in [6.07, 6.45) is 4.88. The maximum Gasteiger partial charge on any atom is 3.00 e. The van der Waals surface area contributed by atoms with E-state index in [0.29, 0.717) is 30.0 Å². The average molecular weight is 573 g/mol. The van der Waals surface area contributed by atoms with Crippen molar-refractivity contribution in [1.29, 1.82) is 0 Å². The van der Waals surface area contributed by atoms with Crippen LogP contribution in [-0.2, 0) is 17.1 Å². The van der Waals surface area contributed by atoms with E-state index in [1.807, 2.05) is 55.3 Å². The Hall–Kier alpha value is -3.79. The van der Waals surface area contributed by atoms with Gasteiger partial charge in [-0.1, -0.05) is 12.1 Å². The standard InChI is InChI=1S/C18H20FN3O4.C10H8N2.Fe/c1-10-9-26-17-14-11(16(23)12(18(24)25)8-22(10)14)7-13(19)15(17)21-5-3-20(2)4-6-21;1-3-7-11-9(5-1)10-6-2-4-8-12-10;/h7-8,10H,3-6,9H2,1-2H3,(H,24,25);1-8H;/q;;+3/t10-;;/m0../s1. The number of hydrogen-bond acceptors (Lipinski definition) is 7. The van der Waals surface area contributed by atoms with Crippen molar-refractivity contribution in [3.63, 3.8) is 0 Å². The number of aromatic nitrogens is 3. The van der Waals surface area contributed by atoms with E-state index >= 15 is 0 Å². The molecular weight excluding hydrogens is 545 g/mol. The first-order chi connectivity index (χ1) is 18.3. The van der Waals surface area contributed by atoms with Crippen LogP contribution in [0.2, 0.25) is 0 Å². The van der Waals surface area contributed by atoms with Crippen molar-refractivity contribution >= 4 is 22.6 Å². The Bertz CT molecular complexity index is 1490. The minimum atomic E-state index is -1.32. The van der Waals surface area contributed by atoms with E-state index in [2.05, 4.69) is 14.9 Å². The van der Waals surface area contributed by atoms with Crippen molar-refractivity contribution in [2.45, 2.75) is 13.0 Å². The molecule has 1 radical (unpaired) electrons. The van der Waals surface area contributed by atoms with E-state index in [1.165, 1.54) is 6.20 Å². The monoisotopic (exact) mass is 573 g/mol. The van der Waals surface area contributed by atoms with Crippen molar-refractivity contribution < 1.29 is 36.1 Å². The zero-order valence-electron chi connectivity index (χ0n) is 21.5. The molecule has 201 valence electrons. The third-order valence-corrected chi connectivity index (χ3v) is 6.78. The van der Waals surface area contributed by atoms with E-state index in [4.69, 9.17) is 4.74 Å². The summed E-state index contributed by atoms with van der Waals surface area (Å²) in [7, 11) is 2.02. The number of aromatic carboxylic acids is 1. The Morgan fingerprint density at radius 1 is 1.05 bits per heavy atom. The van der Waals surface area contributed by atoms with Gasteiger partial charge in [-0.25, -0.2) is 9.18 Å². The van der Waals surface area contributed by atoms with Gasteiger partial charge < -0.3 is 24.2 Å². The van der Waals surface area contributed by atoms with Gasteiger partial charge in [-0.3, -0.25) is 14.8 Å². The predicted molar refractivity (Wildman–Crippen MR) is 143 cm³/mol. The Kier molecular flexibility index (Phi) is 8.64. The minimum absolute atomic E-state index is 0. The van der Waals surface area contributed by atoms with E-state index in [9.17, 15) is 19.1 Å². The molecule has 1 fully saturated rings. The minimum Gasteiger partial charge on any atom is -0.487 e. The number of likely N-dealkylation sites (N-methyl/N-ethyl adjacent to an activating group) is 1. The van der Waals surface area contributed by atoms with Crippen LogP contribution in [-0.4, -0.2) is 70.3 Å². The maximum absolute atomic E-state index is 15.0. The quantitative estimate of drug-likeness (QED) is 0.371. The molecule has 1 N–H and O–H groups in total. The van der Waals surface area contributed by atoms with Crippen molar-refractivity contribution in [2.75, 3.05) is 44.7 Å². The number of hydrogen-bond donors (Lipinski definition) is 1. The van der Waals surface area contributed by atoms with Gasteiger partial charge in [-0.2, -0.15) is 0 Å². The first-order valence-corrected chi connectivity index (χ1v) is 12.4.